The molecule has 2 nitrogen and oxygen atoms in total. The van der Waals surface area contributed by atoms with Crippen molar-refractivity contribution in [2.45, 2.75) is 109 Å². The van der Waals surface area contributed by atoms with Crippen LogP contribution >= 0.6 is 0 Å². The zero-order chi connectivity index (χ0) is 15.1. The molecule has 0 aromatic rings. The van der Waals surface area contributed by atoms with Crippen LogP contribution in [0, 0.1) is 0 Å². The standard InChI is InChI=1S/C18H39NO/c1-3-5-7-9-11-13-15-18(19,17-20)16-14-12-10-8-6-4-2/h20H,3-17,19H2,1-2H3. The van der Waals surface area contributed by atoms with E-state index in [-0.39, 0.29) is 12.1 Å². The first-order valence-corrected chi connectivity index (χ1v) is 9.08. The Morgan fingerprint density at radius 3 is 1.35 bits per heavy atom. The molecule has 0 rings (SSSR count). The average molecular weight is 286 g/mol. The van der Waals surface area contributed by atoms with Crippen LogP contribution in [0.3, 0.4) is 0 Å². The first kappa shape index (κ1) is 19.9. The van der Waals surface area contributed by atoms with Crippen molar-refractivity contribution < 1.29 is 5.11 Å². The average Bonchev–Trinajstić information content (AvgIpc) is 2.46. The van der Waals surface area contributed by atoms with Gasteiger partial charge >= 0.3 is 0 Å². The second-order valence-electron chi connectivity index (χ2n) is 6.56. The maximum atomic E-state index is 9.54. The van der Waals surface area contributed by atoms with Crippen LogP contribution in [-0.2, 0) is 0 Å². The Kier molecular flexibility index (Phi) is 13.8. The highest BCUT2D eigenvalue weighted by molar-refractivity contribution is 4.83. The third-order valence-electron chi connectivity index (χ3n) is 4.37. The molecule has 0 fully saturated rings. The summed E-state index contributed by atoms with van der Waals surface area (Å²) in [6.45, 7) is 4.64. The van der Waals surface area contributed by atoms with E-state index >= 15 is 0 Å². The molecule has 0 saturated carbocycles. The molecule has 0 aromatic heterocycles. The third-order valence-corrected chi connectivity index (χ3v) is 4.37. The lowest BCUT2D eigenvalue weighted by Crippen LogP contribution is -2.43. The van der Waals surface area contributed by atoms with Gasteiger partial charge in [-0.2, -0.15) is 0 Å². The third kappa shape index (κ3) is 11.7. The Labute approximate surface area is 127 Å². The maximum Gasteiger partial charge on any atom is 0.0611 e. The Hall–Kier alpha value is -0.0800. The molecule has 20 heavy (non-hydrogen) atoms. The molecule has 122 valence electrons. The van der Waals surface area contributed by atoms with Crippen molar-refractivity contribution >= 4 is 0 Å². The largest absolute Gasteiger partial charge is 0.394 e. The quantitative estimate of drug-likeness (QED) is 0.407. The van der Waals surface area contributed by atoms with Crippen molar-refractivity contribution in [2.24, 2.45) is 5.73 Å². The molecule has 2 heteroatoms. The summed E-state index contributed by atoms with van der Waals surface area (Å²) in [5.74, 6) is 0. The van der Waals surface area contributed by atoms with Gasteiger partial charge < -0.3 is 10.8 Å². The SMILES string of the molecule is CCCCCCCCC(N)(CO)CCCCCCCC. The highest BCUT2D eigenvalue weighted by atomic mass is 16.3. The van der Waals surface area contributed by atoms with E-state index in [1.807, 2.05) is 0 Å². The van der Waals surface area contributed by atoms with Gasteiger partial charge in [0.2, 0.25) is 0 Å². The van der Waals surface area contributed by atoms with E-state index in [9.17, 15) is 5.11 Å². The number of aliphatic hydroxyl groups is 1. The molecule has 3 N–H and O–H groups in total. The van der Waals surface area contributed by atoms with Crippen molar-refractivity contribution in [1.82, 2.24) is 0 Å². The molecule has 0 unspecified atom stereocenters. The highest BCUT2D eigenvalue weighted by Crippen LogP contribution is 2.20. The second kappa shape index (κ2) is 13.9. The number of aliphatic hydroxyl groups excluding tert-OH is 1. The summed E-state index contributed by atoms with van der Waals surface area (Å²) >= 11 is 0. The van der Waals surface area contributed by atoms with Crippen LogP contribution in [0.15, 0.2) is 0 Å². The molecule has 0 atom stereocenters. The van der Waals surface area contributed by atoms with Crippen LogP contribution in [-0.4, -0.2) is 17.3 Å². The van der Waals surface area contributed by atoms with Crippen LogP contribution in [0.2, 0.25) is 0 Å². The zero-order valence-electron chi connectivity index (χ0n) is 14.1. The molecule has 0 aliphatic carbocycles. The molecular formula is C18H39NO. The predicted molar refractivity (Wildman–Crippen MR) is 90.0 cm³/mol. The molecule has 0 aliphatic rings. The van der Waals surface area contributed by atoms with E-state index in [1.54, 1.807) is 0 Å². The number of hydrogen-bond donors (Lipinski definition) is 2. The summed E-state index contributed by atoms with van der Waals surface area (Å²) in [7, 11) is 0. The number of unbranched alkanes of at least 4 members (excludes halogenated alkanes) is 10. The topological polar surface area (TPSA) is 46.2 Å². The summed E-state index contributed by atoms with van der Waals surface area (Å²) < 4.78 is 0. The van der Waals surface area contributed by atoms with Crippen LogP contribution in [0.4, 0.5) is 0 Å². The predicted octanol–water partition coefficient (Wildman–Crippen LogP) is 5.18. The van der Waals surface area contributed by atoms with E-state index < -0.39 is 0 Å². The Balaban J connectivity index is 3.57. The number of hydrogen-bond acceptors (Lipinski definition) is 2. The number of nitrogens with two attached hydrogens (primary N) is 1. The van der Waals surface area contributed by atoms with Gasteiger partial charge in [-0.15, -0.1) is 0 Å². The van der Waals surface area contributed by atoms with E-state index in [0.29, 0.717) is 0 Å². The lowest BCUT2D eigenvalue weighted by molar-refractivity contribution is 0.171. The number of rotatable bonds is 15. The molecule has 0 spiro atoms. The zero-order valence-corrected chi connectivity index (χ0v) is 14.1. The van der Waals surface area contributed by atoms with Crippen molar-refractivity contribution in [2.75, 3.05) is 6.61 Å². The molecular weight excluding hydrogens is 246 g/mol. The van der Waals surface area contributed by atoms with E-state index in [4.69, 9.17) is 5.73 Å². The normalized spacial score (nSPS) is 12.0. The maximum absolute atomic E-state index is 9.54. The fraction of sp³-hybridized carbons (Fsp3) is 1.00. The fourth-order valence-corrected chi connectivity index (χ4v) is 2.80. The highest BCUT2D eigenvalue weighted by Gasteiger charge is 2.22. The lowest BCUT2D eigenvalue weighted by Gasteiger charge is -2.27. The minimum atomic E-state index is -0.310. The second-order valence-corrected chi connectivity index (χ2v) is 6.56. The van der Waals surface area contributed by atoms with Crippen LogP contribution in [0.1, 0.15) is 104 Å². The minimum absolute atomic E-state index is 0.150. The Bertz CT molecular complexity index is 178. The van der Waals surface area contributed by atoms with E-state index in [1.165, 1.54) is 77.0 Å². The summed E-state index contributed by atoms with van der Waals surface area (Å²) in [5.41, 5.74) is 6.02. The van der Waals surface area contributed by atoms with E-state index in [2.05, 4.69) is 13.8 Å². The van der Waals surface area contributed by atoms with E-state index in [0.717, 1.165) is 12.8 Å². The van der Waals surface area contributed by atoms with Crippen LogP contribution in [0.25, 0.3) is 0 Å². The molecule has 0 bridgehead atoms. The van der Waals surface area contributed by atoms with Gasteiger partial charge in [0.1, 0.15) is 0 Å². The minimum Gasteiger partial charge on any atom is -0.394 e. The molecule has 0 aliphatic heterocycles. The lowest BCUT2D eigenvalue weighted by atomic mass is 9.88. The van der Waals surface area contributed by atoms with Crippen LogP contribution < -0.4 is 5.73 Å². The summed E-state index contributed by atoms with van der Waals surface area (Å²) in [5, 5.41) is 9.54. The summed E-state index contributed by atoms with van der Waals surface area (Å²) in [4.78, 5) is 0. The van der Waals surface area contributed by atoms with Gasteiger partial charge in [-0.1, -0.05) is 90.9 Å². The monoisotopic (exact) mass is 285 g/mol. The van der Waals surface area contributed by atoms with Gasteiger partial charge in [0.05, 0.1) is 6.61 Å². The van der Waals surface area contributed by atoms with Crippen molar-refractivity contribution in [3.63, 3.8) is 0 Å². The van der Waals surface area contributed by atoms with Crippen molar-refractivity contribution in [3.8, 4) is 0 Å². The molecule has 0 saturated heterocycles. The molecule has 0 radical (unpaired) electrons. The van der Waals surface area contributed by atoms with Gasteiger partial charge in [-0.3, -0.25) is 0 Å². The molecule has 0 amide bonds. The first-order valence-electron chi connectivity index (χ1n) is 9.08. The Morgan fingerprint density at radius 2 is 1.00 bits per heavy atom. The van der Waals surface area contributed by atoms with Crippen molar-refractivity contribution in [3.05, 3.63) is 0 Å². The van der Waals surface area contributed by atoms with Gasteiger partial charge in [0, 0.05) is 5.54 Å². The van der Waals surface area contributed by atoms with Gasteiger partial charge in [-0.05, 0) is 12.8 Å². The first-order chi connectivity index (χ1) is 9.68. The van der Waals surface area contributed by atoms with Crippen LogP contribution in [0.5, 0.6) is 0 Å². The summed E-state index contributed by atoms with van der Waals surface area (Å²) in [6.07, 6.45) is 17.5. The summed E-state index contributed by atoms with van der Waals surface area (Å²) in [6, 6.07) is 0. The van der Waals surface area contributed by atoms with Gasteiger partial charge in [0.25, 0.3) is 0 Å². The molecule has 0 heterocycles. The molecule has 0 aromatic carbocycles. The van der Waals surface area contributed by atoms with Gasteiger partial charge in [-0.25, -0.2) is 0 Å². The fourth-order valence-electron chi connectivity index (χ4n) is 2.80. The Morgan fingerprint density at radius 1 is 0.650 bits per heavy atom. The smallest absolute Gasteiger partial charge is 0.0611 e. The van der Waals surface area contributed by atoms with Gasteiger partial charge in [0.15, 0.2) is 0 Å². The van der Waals surface area contributed by atoms with Crippen molar-refractivity contribution in [1.29, 1.82) is 0 Å².